The number of aliphatic hydroxyl groups excluding tert-OH is 1. The lowest BCUT2D eigenvalue weighted by Gasteiger charge is -2.14. The number of nitrogens with one attached hydrogen (secondary N) is 1. The number of carbonyl (C=O) groups excluding carboxylic acids is 1. The van der Waals surface area contributed by atoms with Gasteiger partial charge < -0.3 is 15.2 Å². The number of benzene rings is 1. The molecule has 0 saturated carbocycles. The Bertz CT molecular complexity index is 349. The molecule has 1 atom stereocenters. The van der Waals surface area contributed by atoms with E-state index in [1.165, 1.54) is 0 Å². The lowest BCUT2D eigenvalue weighted by molar-refractivity contribution is -0.124. The molecule has 0 bridgehead atoms. The first kappa shape index (κ1) is 13.8. The zero-order valence-electron chi connectivity index (χ0n) is 9.65. The van der Waals surface area contributed by atoms with E-state index in [2.05, 4.69) is 5.32 Å². The van der Waals surface area contributed by atoms with Crippen LogP contribution in [0.25, 0.3) is 0 Å². The Morgan fingerprint density at radius 2 is 2.12 bits per heavy atom. The van der Waals surface area contributed by atoms with Crippen molar-refractivity contribution in [2.45, 2.75) is 19.4 Å². The molecular weight excluding hydrogens is 242 g/mol. The molecule has 0 heterocycles. The Balaban J connectivity index is 2.35. The van der Waals surface area contributed by atoms with E-state index < -0.39 is 0 Å². The van der Waals surface area contributed by atoms with E-state index in [1.807, 2.05) is 6.92 Å². The average molecular weight is 258 g/mol. The minimum atomic E-state index is -0.249. The summed E-state index contributed by atoms with van der Waals surface area (Å²) in [6.45, 7) is 1.75. The fraction of sp³-hybridized carbons (Fsp3) is 0.417. The van der Waals surface area contributed by atoms with E-state index >= 15 is 0 Å². The van der Waals surface area contributed by atoms with Gasteiger partial charge in [0.2, 0.25) is 0 Å². The molecule has 0 aliphatic rings. The fourth-order valence-corrected chi connectivity index (χ4v) is 1.35. The molecule has 1 aromatic carbocycles. The van der Waals surface area contributed by atoms with E-state index in [4.69, 9.17) is 21.4 Å². The van der Waals surface area contributed by atoms with Gasteiger partial charge in [0.15, 0.2) is 6.61 Å². The highest BCUT2D eigenvalue weighted by atomic mass is 35.5. The number of rotatable bonds is 6. The van der Waals surface area contributed by atoms with E-state index in [-0.39, 0.29) is 25.2 Å². The minimum Gasteiger partial charge on any atom is -0.484 e. The summed E-state index contributed by atoms with van der Waals surface area (Å²) in [4.78, 5) is 11.4. The van der Waals surface area contributed by atoms with Crippen LogP contribution in [-0.4, -0.2) is 30.3 Å². The molecule has 0 aliphatic heterocycles. The summed E-state index contributed by atoms with van der Waals surface area (Å²) in [5.41, 5.74) is 0. The molecule has 0 unspecified atom stereocenters. The molecule has 0 aliphatic carbocycles. The maximum atomic E-state index is 11.4. The molecule has 4 nitrogen and oxygen atoms in total. The van der Waals surface area contributed by atoms with Gasteiger partial charge in [-0.05, 0) is 30.7 Å². The molecule has 1 aromatic rings. The number of hydrogen-bond acceptors (Lipinski definition) is 3. The number of aliphatic hydroxyl groups is 1. The van der Waals surface area contributed by atoms with Crippen LogP contribution in [0.5, 0.6) is 5.75 Å². The van der Waals surface area contributed by atoms with Gasteiger partial charge in [-0.15, -0.1) is 0 Å². The van der Waals surface area contributed by atoms with Crippen molar-refractivity contribution in [1.29, 1.82) is 0 Å². The Hall–Kier alpha value is -1.26. The standard InChI is InChI=1S/C12H16ClNO3/c1-2-10(7-15)14-12(16)8-17-11-5-3-9(13)4-6-11/h3-6,10,15H,2,7-8H2,1H3,(H,14,16)/t10-/m1/s1. The first-order valence-electron chi connectivity index (χ1n) is 5.44. The second-order valence-electron chi connectivity index (χ2n) is 3.60. The number of carbonyl (C=O) groups is 1. The molecule has 1 amide bonds. The molecule has 0 saturated heterocycles. The summed E-state index contributed by atoms with van der Waals surface area (Å²) in [5.74, 6) is 0.336. The van der Waals surface area contributed by atoms with Crippen molar-refractivity contribution in [2.75, 3.05) is 13.2 Å². The molecule has 0 fully saturated rings. The van der Waals surface area contributed by atoms with Gasteiger partial charge in [0, 0.05) is 5.02 Å². The molecular formula is C12H16ClNO3. The van der Waals surface area contributed by atoms with Crippen LogP contribution >= 0.6 is 11.6 Å². The normalized spacial score (nSPS) is 11.9. The Labute approximate surface area is 106 Å². The number of amides is 1. The third-order valence-corrected chi connectivity index (χ3v) is 2.51. The van der Waals surface area contributed by atoms with Gasteiger partial charge in [-0.1, -0.05) is 18.5 Å². The van der Waals surface area contributed by atoms with Crippen LogP contribution in [0.1, 0.15) is 13.3 Å². The monoisotopic (exact) mass is 257 g/mol. The zero-order valence-corrected chi connectivity index (χ0v) is 10.4. The van der Waals surface area contributed by atoms with Crippen LogP contribution in [-0.2, 0) is 4.79 Å². The van der Waals surface area contributed by atoms with Gasteiger partial charge in [0.1, 0.15) is 5.75 Å². The molecule has 2 N–H and O–H groups in total. The maximum absolute atomic E-state index is 11.4. The molecule has 94 valence electrons. The van der Waals surface area contributed by atoms with Gasteiger partial charge in [-0.2, -0.15) is 0 Å². The highest BCUT2D eigenvalue weighted by Crippen LogP contribution is 2.15. The molecule has 5 heteroatoms. The van der Waals surface area contributed by atoms with Crippen molar-refractivity contribution in [3.8, 4) is 5.75 Å². The predicted molar refractivity (Wildman–Crippen MR) is 66.3 cm³/mol. The Morgan fingerprint density at radius 1 is 1.47 bits per heavy atom. The highest BCUT2D eigenvalue weighted by Gasteiger charge is 2.09. The number of halogens is 1. The SMILES string of the molecule is CC[C@H](CO)NC(=O)COc1ccc(Cl)cc1. The summed E-state index contributed by atoms with van der Waals surface area (Å²) in [6, 6.07) is 6.56. The predicted octanol–water partition coefficient (Wildman–Crippen LogP) is 1.61. The number of ether oxygens (including phenoxy) is 1. The van der Waals surface area contributed by atoms with Crippen molar-refractivity contribution < 1.29 is 14.6 Å². The Morgan fingerprint density at radius 3 is 2.65 bits per heavy atom. The van der Waals surface area contributed by atoms with Crippen molar-refractivity contribution in [2.24, 2.45) is 0 Å². The second kappa shape index (κ2) is 7.14. The summed E-state index contributed by atoms with van der Waals surface area (Å²) in [7, 11) is 0. The first-order valence-corrected chi connectivity index (χ1v) is 5.82. The summed E-state index contributed by atoms with van der Waals surface area (Å²) in [6.07, 6.45) is 0.684. The van der Waals surface area contributed by atoms with Gasteiger partial charge in [-0.3, -0.25) is 4.79 Å². The van der Waals surface area contributed by atoms with E-state index in [0.717, 1.165) is 0 Å². The van der Waals surface area contributed by atoms with Crippen LogP contribution in [0.3, 0.4) is 0 Å². The topological polar surface area (TPSA) is 58.6 Å². The number of hydrogen-bond donors (Lipinski definition) is 2. The van der Waals surface area contributed by atoms with E-state index in [0.29, 0.717) is 17.2 Å². The van der Waals surface area contributed by atoms with Crippen LogP contribution in [0, 0.1) is 0 Å². The smallest absolute Gasteiger partial charge is 0.258 e. The average Bonchev–Trinajstić information content (AvgIpc) is 2.35. The second-order valence-corrected chi connectivity index (χ2v) is 4.03. The van der Waals surface area contributed by atoms with Crippen molar-refractivity contribution in [1.82, 2.24) is 5.32 Å². The summed E-state index contributed by atoms with van der Waals surface area (Å²) in [5, 5.41) is 12.2. The third-order valence-electron chi connectivity index (χ3n) is 2.26. The molecule has 1 rings (SSSR count). The lowest BCUT2D eigenvalue weighted by atomic mass is 10.2. The van der Waals surface area contributed by atoms with Crippen molar-refractivity contribution >= 4 is 17.5 Å². The van der Waals surface area contributed by atoms with Gasteiger partial charge >= 0.3 is 0 Å². The van der Waals surface area contributed by atoms with Crippen LogP contribution in [0.15, 0.2) is 24.3 Å². The molecule has 0 aromatic heterocycles. The molecule has 0 spiro atoms. The van der Waals surface area contributed by atoms with Gasteiger partial charge in [-0.25, -0.2) is 0 Å². The fourth-order valence-electron chi connectivity index (χ4n) is 1.23. The van der Waals surface area contributed by atoms with Crippen LogP contribution in [0.4, 0.5) is 0 Å². The quantitative estimate of drug-likeness (QED) is 0.814. The van der Waals surface area contributed by atoms with Crippen LogP contribution in [0.2, 0.25) is 5.02 Å². The summed E-state index contributed by atoms with van der Waals surface area (Å²) >= 11 is 5.72. The summed E-state index contributed by atoms with van der Waals surface area (Å²) < 4.78 is 5.26. The van der Waals surface area contributed by atoms with E-state index in [1.54, 1.807) is 24.3 Å². The third kappa shape index (κ3) is 5.06. The highest BCUT2D eigenvalue weighted by molar-refractivity contribution is 6.30. The molecule has 17 heavy (non-hydrogen) atoms. The van der Waals surface area contributed by atoms with Gasteiger partial charge in [0.25, 0.3) is 5.91 Å². The maximum Gasteiger partial charge on any atom is 0.258 e. The minimum absolute atomic E-state index is 0.0663. The van der Waals surface area contributed by atoms with Crippen LogP contribution < -0.4 is 10.1 Å². The van der Waals surface area contributed by atoms with Crippen molar-refractivity contribution in [3.05, 3.63) is 29.3 Å². The van der Waals surface area contributed by atoms with Crippen molar-refractivity contribution in [3.63, 3.8) is 0 Å². The van der Waals surface area contributed by atoms with E-state index in [9.17, 15) is 4.79 Å². The zero-order chi connectivity index (χ0) is 12.7. The molecule has 0 radical (unpaired) electrons. The Kier molecular flexibility index (Phi) is 5.80. The lowest BCUT2D eigenvalue weighted by Crippen LogP contribution is -2.39. The first-order chi connectivity index (χ1) is 8.15. The van der Waals surface area contributed by atoms with Gasteiger partial charge in [0.05, 0.1) is 12.6 Å². The largest absolute Gasteiger partial charge is 0.484 e.